The number of aromatic amines is 1. The number of aromatic nitrogens is 3. The van der Waals surface area contributed by atoms with Crippen molar-refractivity contribution in [1.82, 2.24) is 19.5 Å². The number of ketones is 1. The molecule has 0 atom stereocenters. The number of aromatic hydroxyl groups is 1. The normalized spacial score (nSPS) is 12.2. The van der Waals surface area contributed by atoms with Gasteiger partial charge in [-0.3, -0.25) is 14.2 Å². The number of alkyl halides is 3. The quantitative estimate of drug-likeness (QED) is 0.170. The second-order valence-corrected chi connectivity index (χ2v) is 11.8. The Morgan fingerprint density at radius 2 is 1.79 bits per heavy atom. The van der Waals surface area contributed by atoms with E-state index < -0.39 is 39.9 Å². The monoisotopic (exact) mass is 608 g/mol. The smallest absolute Gasteiger partial charge is 0.393 e. The fourth-order valence-electron chi connectivity index (χ4n) is 4.40. The summed E-state index contributed by atoms with van der Waals surface area (Å²) >= 11 is 0. The molecule has 0 unspecified atom stereocenters. The summed E-state index contributed by atoms with van der Waals surface area (Å²) in [5.74, 6) is -2.36. The van der Waals surface area contributed by atoms with Gasteiger partial charge in [-0.05, 0) is 35.4 Å². The zero-order valence-electron chi connectivity index (χ0n) is 23.0. The minimum Gasteiger partial charge on any atom is -0.505 e. The Kier molecular flexibility index (Phi) is 8.46. The van der Waals surface area contributed by atoms with Gasteiger partial charge >= 0.3 is 16.4 Å². The summed E-state index contributed by atoms with van der Waals surface area (Å²) in [6.07, 6.45) is -6.02. The van der Waals surface area contributed by atoms with Crippen LogP contribution in [0.15, 0.2) is 42.5 Å². The lowest BCUT2D eigenvalue weighted by atomic mass is 9.99. The second-order valence-electron chi connectivity index (χ2n) is 9.62. The molecular weight excluding hydrogens is 580 g/mol. The number of hydrogen-bond acceptors (Lipinski definition) is 7. The van der Waals surface area contributed by atoms with Crippen molar-refractivity contribution in [1.29, 1.82) is 0 Å². The number of rotatable bonds is 10. The lowest BCUT2D eigenvalue weighted by Crippen LogP contribution is -2.37. The van der Waals surface area contributed by atoms with Crippen molar-refractivity contribution >= 4 is 38.4 Å². The third kappa shape index (κ3) is 6.16. The third-order valence-corrected chi connectivity index (χ3v) is 8.37. The van der Waals surface area contributed by atoms with Gasteiger partial charge in [0.25, 0.3) is 0 Å². The molecule has 3 N–H and O–H groups in total. The molecule has 4 aromatic rings. The molecule has 0 aliphatic rings. The average molecular weight is 609 g/mol. The van der Waals surface area contributed by atoms with Crippen LogP contribution in [0.1, 0.15) is 35.0 Å². The number of fused-ring (bicyclic) bond motifs is 1. The zero-order valence-corrected chi connectivity index (χ0v) is 23.9. The van der Waals surface area contributed by atoms with Crippen molar-refractivity contribution in [3.05, 3.63) is 65.1 Å². The number of benzene rings is 2. The molecule has 0 fully saturated rings. The summed E-state index contributed by atoms with van der Waals surface area (Å²) < 4.78 is 82.2. The molecule has 4 rings (SSSR count). The number of hydrogen-bond donors (Lipinski definition) is 3. The van der Waals surface area contributed by atoms with Crippen LogP contribution in [0.25, 0.3) is 22.2 Å². The fraction of sp³-hybridized carbons (Fsp3) is 0.296. The van der Waals surface area contributed by atoms with E-state index in [1.807, 2.05) is 0 Å². The SMILES string of the molecule is CCC(=O)c1n[nH]c2cc(-c3cc(F)c(O)cc3CC(F)(F)F)nc(NCc3ccccc3N(C)S(=O)(=O)N(C)C)c12. The van der Waals surface area contributed by atoms with Gasteiger partial charge < -0.3 is 10.4 Å². The van der Waals surface area contributed by atoms with Gasteiger partial charge in [0, 0.05) is 39.7 Å². The number of carbonyl (C=O) groups is 1. The first-order valence-electron chi connectivity index (χ1n) is 12.6. The Hall–Kier alpha value is -4.24. The highest BCUT2D eigenvalue weighted by molar-refractivity contribution is 7.90. The van der Waals surface area contributed by atoms with Gasteiger partial charge in [-0.15, -0.1) is 0 Å². The summed E-state index contributed by atoms with van der Waals surface area (Å²) in [7, 11) is 0.337. The first-order chi connectivity index (χ1) is 19.6. The van der Waals surface area contributed by atoms with E-state index in [0.717, 1.165) is 14.7 Å². The Labute approximate surface area is 239 Å². The van der Waals surface area contributed by atoms with Gasteiger partial charge in [-0.1, -0.05) is 25.1 Å². The van der Waals surface area contributed by atoms with Crippen molar-refractivity contribution in [2.75, 3.05) is 30.8 Å². The second kappa shape index (κ2) is 11.6. The highest BCUT2D eigenvalue weighted by Crippen LogP contribution is 2.36. The Bertz CT molecular complexity index is 1760. The molecule has 10 nitrogen and oxygen atoms in total. The maximum atomic E-state index is 14.4. The minimum absolute atomic E-state index is 0.0146. The predicted molar refractivity (Wildman–Crippen MR) is 150 cm³/mol. The van der Waals surface area contributed by atoms with Gasteiger partial charge in [-0.25, -0.2) is 9.37 Å². The summed E-state index contributed by atoms with van der Waals surface area (Å²) in [4.78, 5) is 17.1. The summed E-state index contributed by atoms with van der Waals surface area (Å²) in [6.45, 7) is 1.62. The number of nitrogens with zero attached hydrogens (tertiary/aromatic N) is 4. The molecule has 0 spiro atoms. The van der Waals surface area contributed by atoms with Crippen LogP contribution in [-0.4, -0.2) is 66.1 Å². The van der Waals surface area contributed by atoms with E-state index in [-0.39, 0.29) is 52.4 Å². The number of carbonyl (C=O) groups excluding carboxylic acids is 1. The Morgan fingerprint density at radius 1 is 1.10 bits per heavy atom. The number of phenolic OH excluding ortho intramolecular Hbond substituents is 1. The molecule has 0 saturated carbocycles. The standard InChI is InChI=1S/C27H28F4N6O4S/c1-5-22(38)25-24-20(34-35-25)12-19(17-11-18(28)23(39)10-16(17)13-27(29,30)31)33-26(24)32-14-15-8-6-7-9-21(15)37(4)42(40,41)36(2)3/h6-12,39H,5,13-14H2,1-4H3,(H,32,33)(H,34,35). The van der Waals surface area contributed by atoms with E-state index in [1.54, 1.807) is 31.2 Å². The molecule has 2 aromatic heterocycles. The molecule has 0 aliphatic carbocycles. The van der Waals surface area contributed by atoms with Crippen LogP contribution in [0, 0.1) is 5.82 Å². The fourth-order valence-corrected chi connectivity index (χ4v) is 5.32. The molecule has 2 heterocycles. The molecular formula is C27H28F4N6O4S. The summed E-state index contributed by atoms with van der Waals surface area (Å²) in [6, 6.07) is 9.44. The van der Waals surface area contributed by atoms with Crippen molar-refractivity contribution in [3.8, 4) is 17.0 Å². The summed E-state index contributed by atoms with van der Waals surface area (Å²) in [5, 5.41) is 19.9. The lowest BCUT2D eigenvalue weighted by molar-refractivity contribution is -0.127. The maximum absolute atomic E-state index is 14.4. The van der Waals surface area contributed by atoms with E-state index in [1.165, 1.54) is 27.2 Å². The van der Waals surface area contributed by atoms with Crippen molar-refractivity contribution in [2.45, 2.75) is 32.5 Å². The van der Waals surface area contributed by atoms with Crippen molar-refractivity contribution in [2.24, 2.45) is 0 Å². The number of para-hydroxylation sites is 1. The van der Waals surface area contributed by atoms with Crippen LogP contribution in [0.3, 0.4) is 0 Å². The molecule has 15 heteroatoms. The van der Waals surface area contributed by atoms with Gasteiger partial charge in [0.2, 0.25) is 0 Å². The molecule has 0 radical (unpaired) electrons. The topological polar surface area (TPSA) is 132 Å². The first-order valence-corrected chi connectivity index (χ1v) is 14.0. The van der Waals surface area contributed by atoms with Gasteiger partial charge in [0.15, 0.2) is 17.3 Å². The van der Waals surface area contributed by atoms with Crippen LogP contribution in [0.4, 0.5) is 29.1 Å². The lowest BCUT2D eigenvalue weighted by Gasteiger charge is -2.25. The van der Waals surface area contributed by atoms with Crippen LogP contribution >= 0.6 is 0 Å². The van der Waals surface area contributed by atoms with E-state index >= 15 is 0 Å². The molecule has 224 valence electrons. The molecule has 0 amide bonds. The number of nitrogens with one attached hydrogen (secondary N) is 2. The Balaban J connectivity index is 1.86. The number of phenols is 1. The van der Waals surface area contributed by atoms with Crippen molar-refractivity contribution < 1.29 is 35.9 Å². The molecule has 0 saturated heterocycles. The van der Waals surface area contributed by atoms with Crippen LogP contribution in [0.5, 0.6) is 5.75 Å². The molecule has 0 aliphatic heterocycles. The highest BCUT2D eigenvalue weighted by Gasteiger charge is 2.31. The molecule has 2 aromatic carbocycles. The molecule has 42 heavy (non-hydrogen) atoms. The van der Waals surface area contributed by atoms with Gasteiger partial charge in [-0.2, -0.15) is 31.0 Å². The van der Waals surface area contributed by atoms with E-state index in [2.05, 4.69) is 20.5 Å². The van der Waals surface area contributed by atoms with Gasteiger partial charge in [0.1, 0.15) is 11.5 Å². The third-order valence-electron chi connectivity index (χ3n) is 6.55. The van der Waals surface area contributed by atoms with Crippen molar-refractivity contribution in [3.63, 3.8) is 0 Å². The number of anilines is 2. The minimum atomic E-state index is -4.67. The number of halogens is 4. The van der Waals surface area contributed by atoms with E-state index in [9.17, 15) is 35.9 Å². The van der Waals surface area contributed by atoms with E-state index in [4.69, 9.17) is 0 Å². The van der Waals surface area contributed by atoms with Crippen LogP contribution in [0.2, 0.25) is 0 Å². The number of pyridine rings is 1. The number of Topliss-reactive ketones (excluding diaryl/α,β-unsaturated/α-hetero) is 1. The van der Waals surface area contributed by atoms with Crippen LogP contribution < -0.4 is 9.62 Å². The van der Waals surface area contributed by atoms with E-state index in [0.29, 0.717) is 17.3 Å². The zero-order chi connectivity index (χ0) is 31.0. The molecule has 0 bridgehead atoms. The maximum Gasteiger partial charge on any atom is 0.393 e. The Morgan fingerprint density at radius 3 is 2.43 bits per heavy atom. The largest absolute Gasteiger partial charge is 0.505 e. The predicted octanol–water partition coefficient (Wildman–Crippen LogP) is 5.02. The first kappa shape index (κ1) is 30.7. The highest BCUT2D eigenvalue weighted by atomic mass is 32.2. The van der Waals surface area contributed by atoms with Gasteiger partial charge in [0.05, 0.1) is 28.7 Å². The average Bonchev–Trinajstić information content (AvgIpc) is 3.36. The number of H-pyrrole nitrogens is 1. The summed E-state index contributed by atoms with van der Waals surface area (Å²) in [5.41, 5.74) is 0.436. The van der Waals surface area contributed by atoms with Crippen LogP contribution in [-0.2, 0) is 23.2 Å².